The number of allylic oxidation sites excluding steroid dienone is 4. The fraction of sp³-hybridized carbons (Fsp3) is 0.650. The van der Waals surface area contributed by atoms with Crippen LogP contribution < -0.4 is 5.32 Å². The number of hydrogen-bond donors (Lipinski definition) is 2. The zero-order valence-corrected chi connectivity index (χ0v) is 15.4. The quantitative estimate of drug-likeness (QED) is 0.750. The highest BCUT2D eigenvalue weighted by Gasteiger charge is 2.49. The molecule has 1 fully saturated rings. The van der Waals surface area contributed by atoms with Crippen molar-refractivity contribution in [2.75, 3.05) is 20.3 Å². The Morgan fingerprint density at radius 3 is 2.72 bits per heavy atom. The van der Waals surface area contributed by atoms with Crippen molar-refractivity contribution in [2.24, 2.45) is 11.8 Å². The summed E-state index contributed by atoms with van der Waals surface area (Å²) in [6.07, 6.45) is 9.54. The number of aliphatic hydroxyl groups is 1. The molecule has 2 unspecified atom stereocenters. The van der Waals surface area contributed by atoms with Crippen molar-refractivity contribution >= 4 is 5.91 Å². The van der Waals surface area contributed by atoms with E-state index in [1.165, 1.54) is 0 Å². The minimum atomic E-state index is -0.601. The van der Waals surface area contributed by atoms with Crippen LogP contribution in [-0.2, 0) is 14.3 Å². The van der Waals surface area contributed by atoms with E-state index in [1.807, 2.05) is 6.92 Å². The number of carbonyl (C=O) groups is 1. The number of nitrogens with one attached hydrogen (secondary N) is 1. The minimum Gasteiger partial charge on any atom is -0.509 e. The van der Waals surface area contributed by atoms with Crippen LogP contribution in [-0.4, -0.2) is 43.0 Å². The van der Waals surface area contributed by atoms with Crippen LogP contribution in [0.3, 0.4) is 0 Å². The number of amides is 1. The van der Waals surface area contributed by atoms with Gasteiger partial charge in [0, 0.05) is 13.0 Å². The summed E-state index contributed by atoms with van der Waals surface area (Å²) >= 11 is 0. The lowest BCUT2D eigenvalue weighted by Gasteiger charge is -2.37. The molecule has 0 aromatic rings. The summed E-state index contributed by atoms with van der Waals surface area (Å²) in [5, 5.41) is 14.1. The first-order chi connectivity index (χ1) is 12.0. The van der Waals surface area contributed by atoms with Gasteiger partial charge in [-0.15, -0.1) is 0 Å². The van der Waals surface area contributed by atoms with Crippen molar-refractivity contribution in [3.63, 3.8) is 0 Å². The maximum absolute atomic E-state index is 12.7. The van der Waals surface area contributed by atoms with E-state index in [2.05, 4.69) is 30.5 Å². The summed E-state index contributed by atoms with van der Waals surface area (Å²) in [7, 11) is 1.66. The third-order valence-corrected chi connectivity index (χ3v) is 5.74. The molecular weight excluding hydrogens is 318 g/mol. The Bertz CT molecular complexity index is 611. The summed E-state index contributed by atoms with van der Waals surface area (Å²) in [6, 6.07) is 0. The number of methoxy groups -OCH3 is 1. The molecule has 2 N–H and O–H groups in total. The average molecular weight is 347 g/mol. The van der Waals surface area contributed by atoms with E-state index in [1.54, 1.807) is 7.11 Å². The van der Waals surface area contributed by atoms with Gasteiger partial charge in [-0.2, -0.15) is 0 Å². The second-order valence-electron chi connectivity index (χ2n) is 7.52. The Morgan fingerprint density at radius 1 is 1.32 bits per heavy atom. The second kappa shape index (κ2) is 7.34. The van der Waals surface area contributed by atoms with E-state index >= 15 is 0 Å². The molecule has 0 radical (unpaired) electrons. The van der Waals surface area contributed by atoms with Crippen LogP contribution in [0.4, 0.5) is 0 Å². The Balaban J connectivity index is 1.73. The van der Waals surface area contributed by atoms with Gasteiger partial charge < -0.3 is 19.9 Å². The van der Waals surface area contributed by atoms with Gasteiger partial charge in [0.25, 0.3) is 5.91 Å². The van der Waals surface area contributed by atoms with Gasteiger partial charge in [0.1, 0.15) is 5.76 Å². The van der Waals surface area contributed by atoms with Crippen molar-refractivity contribution in [3.8, 4) is 0 Å². The number of rotatable bonds is 5. The predicted octanol–water partition coefficient (Wildman–Crippen LogP) is 3.04. The standard InChI is InChI=1S/C20H29NO4/c1-13-4-5-14(2)16(12-13)17-18(22)20(21-19(17)23)8-6-15(7-9-20)25-11-10-24-3/h4-5,12,14-16,22H,6-11H2,1-3H3,(H,21,23). The van der Waals surface area contributed by atoms with Gasteiger partial charge in [0.05, 0.1) is 30.4 Å². The molecule has 1 aliphatic heterocycles. The summed E-state index contributed by atoms with van der Waals surface area (Å²) < 4.78 is 10.8. The molecule has 5 nitrogen and oxygen atoms in total. The summed E-state index contributed by atoms with van der Waals surface area (Å²) in [6.45, 7) is 5.29. The highest BCUT2D eigenvalue weighted by atomic mass is 16.5. The van der Waals surface area contributed by atoms with Crippen LogP contribution in [0.5, 0.6) is 0 Å². The molecular formula is C20H29NO4. The van der Waals surface area contributed by atoms with Gasteiger partial charge in [-0.05, 0) is 38.5 Å². The van der Waals surface area contributed by atoms with Crippen LogP contribution in [0, 0.1) is 11.8 Å². The van der Waals surface area contributed by atoms with Gasteiger partial charge >= 0.3 is 0 Å². The summed E-state index contributed by atoms with van der Waals surface area (Å²) in [4.78, 5) is 12.7. The maximum atomic E-state index is 12.7. The minimum absolute atomic E-state index is 0.0555. The smallest absolute Gasteiger partial charge is 0.252 e. The number of ether oxygens (including phenoxy) is 2. The average Bonchev–Trinajstić information content (AvgIpc) is 2.82. The molecule has 1 heterocycles. The largest absolute Gasteiger partial charge is 0.509 e. The van der Waals surface area contributed by atoms with Gasteiger partial charge in [-0.1, -0.05) is 30.7 Å². The molecule has 0 aromatic carbocycles. The summed E-state index contributed by atoms with van der Waals surface area (Å²) in [5.41, 5.74) is 1.08. The van der Waals surface area contributed by atoms with Crippen molar-refractivity contribution in [3.05, 3.63) is 35.1 Å². The van der Waals surface area contributed by atoms with E-state index in [4.69, 9.17) is 9.47 Å². The lowest BCUT2D eigenvalue weighted by Crippen LogP contribution is -2.48. The van der Waals surface area contributed by atoms with Crippen LogP contribution in [0.15, 0.2) is 35.1 Å². The van der Waals surface area contributed by atoms with E-state index in [9.17, 15) is 9.90 Å². The van der Waals surface area contributed by atoms with Gasteiger partial charge in [0.15, 0.2) is 0 Å². The van der Waals surface area contributed by atoms with Crippen molar-refractivity contribution < 1.29 is 19.4 Å². The van der Waals surface area contributed by atoms with E-state index in [-0.39, 0.29) is 29.6 Å². The molecule has 1 amide bonds. The predicted molar refractivity (Wildman–Crippen MR) is 96.2 cm³/mol. The number of carbonyl (C=O) groups excluding carboxylic acids is 1. The van der Waals surface area contributed by atoms with Crippen LogP contribution >= 0.6 is 0 Å². The van der Waals surface area contributed by atoms with Gasteiger partial charge in [-0.3, -0.25) is 4.79 Å². The normalized spacial score (nSPS) is 35.2. The molecule has 3 rings (SSSR count). The Hall–Kier alpha value is -1.59. The zero-order chi connectivity index (χ0) is 18.0. The lowest BCUT2D eigenvalue weighted by molar-refractivity contribution is -0.118. The first-order valence-electron chi connectivity index (χ1n) is 9.20. The zero-order valence-electron chi connectivity index (χ0n) is 15.4. The molecule has 3 aliphatic rings. The monoisotopic (exact) mass is 347 g/mol. The van der Waals surface area contributed by atoms with E-state index in [0.29, 0.717) is 31.6 Å². The first kappa shape index (κ1) is 18.2. The molecule has 5 heteroatoms. The van der Waals surface area contributed by atoms with Crippen LogP contribution in [0.2, 0.25) is 0 Å². The SMILES string of the molecule is COCCOC1CCC2(CC1)NC(=O)C(C1C=C(C)C=CC1C)=C2O. The lowest BCUT2D eigenvalue weighted by atomic mass is 9.76. The molecule has 2 atom stereocenters. The van der Waals surface area contributed by atoms with Crippen molar-refractivity contribution in [1.82, 2.24) is 5.32 Å². The topological polar surface area (TPSA) is 67.8 Å². The van der Waals surface area contributed by atoms with Crippen LogP contribution in [0.25, 0.3) is 0 Å². The molecule has 2 aliphatic carbocycles. The third kappa shape index (κ3) is 3.53. The Labute approximate surface area is 149 Å². The first-order valence-corrected chi connectivity index (χ1v) is 9.20. The molecule has 0 saturated heterocycles. The molecule has 25 heavy (non-hydrogen) atoms. The van der Waals surface area contributed by atoms with Gasteiger partial charge in [-0.25, -0.2) is 0 Å². The number of hydrogen-bond acceptors (Lipinski definition) is 4. The van der Waals surface area contributed by atoms with Crippen LogP contribution in [0.1, 0.15) is 39.5 Å². The highest BCUT2D eigenvalue weighted by molar-refractivity contribution is 5.99. The van der Waals surface area contributed by atoms with E-state index in [0.717, 1.165) is 18.4 Å². The molecule has 1 spiro atoms. The fourth-order valence-corrected chi connectivity index (χ4v) is 4.19. The second-order valence-corrected chi connectivity index (χ2v) is 7.52. The molecule has 0 bridgehead atoms. The van der Waals surface area contributed by atoms with E-state index < -0.39 is 5.54 Å². The van der Waals surface area contributed by atoms with Crippen molar-refractivity contribution in [1.29, 1.82) is 0 Å². The third-order valence-electron chi connectivity index (χ3n) is 5.74. The Morgan fingerprint density at radius 2 is 2.04 bits per heavy atom. The molecule has 0 aromatic heterocycles. The molecule has 1 saturated carbocycles. The maximum Gasteiger partial charge on any atom is 0.252 e. The van der Waals surface area contributed by atoms with Gasteiger partial charge in [0.2, 0.25) is 0 Å². The number of aliphatic hydroxyl groups excluding tert-OH is 1. The highest BCUT2D eigenvalue weighted by Crippen LogP contribution is 2.43. The summed E-state index contributed by atoms with van der Waals surface area (Å²) in [5.74, 6) is 0.284. The molecule has 138 valence electrons. The van der Waals surface area contributed by atoms with Crippen molar-refractivity contribution in [2.45, 2.75) is 51.2 Å². The fourth-order valence-electron chi connectivity index (χ4n) is 4.19. The Kier molecular flexibility index (Phi) is 5.35.